The summed E-state index contributed by atoms with van der Waals surface area (Å²) in [5.41, 5.74) is 0.0233. The fourth-order valence-electron chi connectivity index (χ4n) is 1.78. The van der Waals surface area contributed by atoms with E-state index in [1.165, 1.54) is 12.1 Å². The third-order valence-electron chi connectivity index (χ3n) is 3.01. The van der Waals surface area contributed by atoms with Crippen LogP contribution in [-0.2, 0) is 4.74 Å². The standard InChI is InChI=1S/C15H20O5/c1-11(10-16)6-4-5-9-20-15(19)13-8-3-2-7-12(13)14(17)18/h2-3,7-8,11,16H,4-6,9-10H2,1H3,(H,17,18). The highest BCUT2D eigenvalue weighted by molar-refractivity contribution is 6.02. The molecule has 110 valence electrons. The van der Waals surface area contributed by atoms with E-state index in [1.807, 2.05) is 6.92 Å². The molecular weight excluding hydrogens is 260 g/mol. The zero-order valence-electron chi connectivity index (χ0n) is 11.5. The molecule has 0 radical (unpaired) electrons. The highest BCUT2D eigenvalue weighted by atomic mass is 16.5. The van der Waals surface area contributed by atoms with Crippen LogP contribution in [0.1, 0.15) is 46.9 Å². The molecule has 0 heterocycles. The Morgan fingerprint density at radius 3 is 2.45 bits per heavy atom. The first-order chi connectivity index (χ1) is 9.56. The number of aliphatic hydroxyl groups excluding tert-OH is 1. The highest BCUT2D eigenvalue weighted by Gasteiger charge is 2.16. The number of benzene rings is 1. The lowest BCUT2D eigenvalue weighted by atomic mass is 10.1. The Bertz CT molecular complexity index is 455. The second-order valence-electron chi connectivity index (χ2n) is 4.77. The summed E-state index contributed by atoms with van der Waals surface area (Å²) in [6, 6.07) is 5.99. The first kappa shape index (κ1) is 16.2. The molecule has 1 aromatic rings. The average molecular weight is 280 g/mol. The minimum Gasteiger partial charge on any atom is -0.478 e. The van der Waals surface area contributed by atoms with Gasteiger partial charge in [0, 0.05) is 6.61 Å². The van der Waals surface area contributed by atoms with E-state index in [4.69, 9.17) is 14.9 Å². The van der Waals surface area contributed by atoms with E-state index >= 15 is 0 Å². The molecule has 20 heavy (non-hydrogen) atoms. The quantitative estimate of drug-likeness (QED) is 0.564. The van der Waals surface area contributed by atoms with E-state index < -0.39 is 11.9 Å². The molecule has 0 fully saturated rings. The second kappa shape index (κ2) is 8.32. The number of aliphatic hydroxyl groups is 1. The molecule has 5 heteroatoms. The second-order valence-corrected chi connectivity index (χ2v) is 4.77. The molecule has 1 aromatic carbocycles. The molecule has 0 amide bonds. The van der Waals surface area contributed by atoms with Crippen molar-refractivity contribution < 1.29 is 24.5 Å². The predicted molar refractivity (Wildman–Crippen MR) is 73.8 cm³/mol. The lowest BCUT2D eigenvalue weighted by Crippen LogP contribution is -2.12. The number of esters is 1. The maximum atomic E-state index is 11.8. The van der Waals surface area contributed by atoms with E-state index in [0.717, 1.165) is 12.8 Å². The fourth-order valence-corrected chi connectivity index (χ4v) is 1.78. The zero-order chi connectivity index (χ0) is 15.0. The van der Waals surface area contributed by atoms with Crippen LogP contribution in [0.4, 0.5) is 0 Å². The molecule has 1 rings (SSSR count). The van der Waals surface area contributed by atoms with Crippen molar-refractivity contribution in [2.45, 2.75) is 26.2 Å². The van der Waals surface area contributed by atoms with Gasteiger partial charge in [-0.05, 0) is 37.3 Å². The number of carboxylic acid groups (broad SMARTS) is 1. The molecule has 0 spiro atoms. The van der Waals surface area contributed by atoms with Gasteiger partial charge in [0.2, 0.25) is 0 Å². The Hall–Kier alpha value is -1.88. The Morgan fingerprint density at radius 2 is 1.85 bits per heavy atom. The number of hydrogen-bond donors (Lipinski definition) is 2. The lowest BCUT2D eigenvalue weighted by molar-refractivity contribution is 0.0485. The maximum absolute atomic E-state index is 11.8. The van der Waals surface area contributed by atoms with E-state index in [1.54, 1.807) is 12.1 Å². The molecular formula is C15H20O5. The molecule has 0 aliphatic heterocycles. The van der Waals surface area contributed by atoms with E-state index in [-0.39, 0.29) is 30.3 Å². The van der Waals surface area contributed by atoms with Gasteiger partial charge in [-0.15, -0.1) is 0 Å². The molecule has 0 aliphatic rings. The SMILES string of the molecule is CC(CO)CCCCOC(=O)c1ccccc1C(=O)O. The minimum atomic E-state index is -1.14. The maximum Gasteiger partial charge on any atom is 0.339 e. The van der Waals surface area contributed by atoms with Crippen molar-refractivity contribution in [1.29, 1.82) is 0 Å². The van der Waals surface area contributed by atoms with Crippen LogP contribution in [0.2, 0.25) is 0 Å². The molecule has 0 bridgehead atoms. The van der Waals surface area contributed by atoms with Gasteiger partial charge in [0.1, 0.15) is 0 Å². The number of aromatic carboxylic acids is 1. The first-order valence-electron chi connectivity index (χ1n) is 6.66. The summed E-state index contributed by atoms with van der Waals surface area (Å²) in [4.78, 5) is 22.8. The number of carbonyl (C=O) groups is 2. The van der Waals surface area contributed by atoms with Gasteiger partial charge in [-0.2, -0.15) is 0 Å². The monoisotopic (exact) mass is 280 g/mol. The summed E-state index contributed by atoms with van der Waals surface area (Å²) >= 11 is 0. The summed E-state index contributed by atoms with van der Waals surface area (Å²) in [5, 5.41) is 17.9. The van der Waals surface area contributed by atoms with Crippen LogP contribution in [0, 0.1) is 5.92 Å². The molecule has 0 aromatic heterocycles. The van der Waals surface area contributed by atoms with Gasteiger partial charge in [-0.1, -0.05) is 19.1 Å². The van der Waals surface area contributed by atoms with Crippen LogP contribution < -0.4 is 0 Å². The van der Waals surface area contributed by atoms with Gasteiger partial charge < -0.3 is 14.9 Å². The predicted octanol–water partition coefficient (Wildman–Crippen LogP) is 2.34. The molecule has 1 unspecified atom stereocenters. The van der Waals surface area contributed by atoms with Crippen LogP contribution >= 0.6 is 0 Å². The first-order valence-corrected chi connectivity index (χ1v) is 6.66. The fraction of sp³-hybridized carbons (Fsp3) is 0.467. The van der Waals surface area contributed by atoms with Gasteiger partial charge in [0.25, 0.3) is 0 Å². The van der Waals surface area contributed by atoms with Crippen molar-refractivity contribution in [3.63, 3.8) is 0 Å². The smallest absolute Gasteiger partial charge is 0.339 e. The zero-order valence-corrected chi connectivity index (χ0v) is 11.5. The third-order valence-corrected chi connectivity index (χ3v) is 3.01. The number of hydrogen-bond acceptors (Lipinski definition) is 4. The normalized spacial score (nSPS) is 11.9. The van der Waals surface area contributed by atoms with Crippen molar-refractivity contribution in [1.82, 2.24) is 0 Å². The summed E-state index contributed by atoms with van der Waals surface area (Å²) in [6.07, 6.45) is 2.43. The average Bonchev–Trinajstić information content (AvgIpc) is 2.46. The Labute approximate surface area is 118 Å². The van der Waals surface area contributed by atoms with Crippen LogP contribution in [0.15, 0.2) is 24.3 Å². The van der Waals surface area contributed by atoms with Crippen LogP contribution in [0.25, 0.3) is 0 Å². The summed E-state index contributed by atoms with van der Waals surface area (Å²) < 4.78 is 5.07. The topological polar surface area (TPSA) is 83.8 Å². The van der Waals surface area contributed by atoms with Gasteiger partial charge in [0.05, 0.1) is 17.7 Å². The van der Waals surface area contributed by atoms with Crippen LogP contribution in [0.5, 0.6) is 0 Å². The number of carbonyl (C=O) groups excluding carboxylic acids is 1. The Kier molecular flexibility index (Phi) is 6.73. The Morgan fingerprint density at radius 1 is 1.20 bits per heavy atom. The highest BCUT2D eigenvalue weighted by Crippen LogP contribution is 2.11. The summed E-state index contributed by atoms with van der Waals surface area (Å²) in [6.45, 7) is 2.37. The van der Waals surface area contributed by atoms with Gasteiger partial charge >= 0.3 is 11.9 Å². The number of unbranched alkanes of at least 4 members (excludes halogenated alkanes) is 1. The van der Waals surface area contributed by atoms with Crippen molar-refractivity contribution >= 4 is 11.9 Å². The number of carboxylic acids is 1. The van der Waals surface area contributed by atoms with E-state index in [9.17, 15) is 9.59 Å². The van der Waals surface area contributed by atoms with Gasteiger partial charge in [-0.25, -0.2) is 9.59 Å². The van der Waals surface area contributed by atoms with E-state index in [2.05, 4.69) is 0 Å². The van der Waals surface area contributed by atoms with Crippen LogP contribution in [0.3, 0.4) is 0 Å². The Balaban J connectivity index is 2.42. The molecule has 1 atom stereocenters. The van der Waals surface area contributed by atoms with Crippen LogP contribution in [-0.4, -0.2) is 35.4 Å². The lowest BCUT2D eigenvalue weighted by Gasteiger charge is -2.09. The number of ether oxygens (including phenoxy) is 1. The third kappa shape index (κ3) is 5.01. The largest absolute Gasteiger partial charge is 0.478 e. The summed E-state index contributed by atoms with van der Waals surface area (Å²) in [7, 11) is 0. The number of rotatable bonds is 8. The van der Waals surface area contributed by atoms with Crippen molar-refractivity contribution in [2.75, 3.05) is 13.2 Å². The van der Waals surface area contributed by atoms with Crippen molar-refractivity contribution in [3.05, 3.63) is 35.4 Å². The molecule has 5 nitrogen and oxygen atoms in total. The molecule has 0 aliphatic carbocycles. The van der Waals surface area contributed by atoms with Gasteiger partial charge in [-0.3, -0.25) is 0 Å². The van der Waals surface area contributed by atoms with Crippen molar-refractivity contribution in [3.8, 4) is 0 Å². The summed E-state index contributed by atoms with van der Waals surface area (Å²) in [5.74, 6) is -1.51. The van der Waals surface area contributed by atoms with Crippen molar-refractivity contribution in [2.24, 2.45) is 5.92 Å². The minimum absolute atomic E-state index is 0.0496. The van der Waals surface area contributed by atoms with E-state index in [0.29, 0.717) is 6.42 Å². The molecule has 0 saturated carbocycles. The molecule has 2 N–H and O–H groups in total. The molecule has 0 saturated heterocycles. The van der Waals surface area contributed by atoms with Gasteiger partial charge in [0.15, 0.2) is 0 Å².